The molecule has 0 atom stereocenters. The summed E-state index contributed by atoms with van der Waals surface area (Å²) in [6, 6.07) is 43.9. The lowest BCUT2D eigenvalue weighted by Crippen LogP contribution is -1.82. The summed E-state index contributed by atoms with van der Waals surface area (Å²) in [7, 11) is 0. The predicted molar refractivity (Wildman–Crippen MR) is 190 cm³/mol. The molecule has 7 aromatic carbocycles. The van der Waals surface area contributed by atoms with Gasteiger partial charge in [-0.25, -0.2) is 0 Å². The van der Waals surface area contributed by atoms with E-state index < -0.39 is 0 Å². The lowest BCUT2D eigenvalue weighted by atomic mass is 9.99. The molecule has 0 aliphatic heterocycles. The minimum atomic E-state index is 0.923. The Morgan fingerprint density at radius 2 is 0.717 bits per heavy atom. The Morgan fingerprint density at radius 3 is 1.20 bits per heavy atom. The van der Waals surface area contributed by atoms with E-state index in [9.17, 15) is 0 Å². The fourth-order valence-electron chi connectivity index (χ4n) is 9.03. The predicted octanol–water partition coefficient (Wildman–Crippen LogP) is 11.8. The van der Waals surface area contributed by atoms with Gasteiger partial charge in [-0.05, 0) is 48.5 Å². The summed E-state index contributed by atoms with van der Waals surface area (Å²) in [6.45, 7) is 0. The van der Waals surface area contributed by atoms with Crippen molar-refractivity contribution in [3.8, 4) is 0 Å². The second-order valence-electron chi connectivity index (χ2n) is 12.8. The van der Waals surface area contributed by atoms with Crippen molar-refractivity contribution in [1.29, 1.82) is 0 Å². The highest BCUT2D eigenvalue weighted by molar-refractivity contribution is 6.39. The Kier molecular flexibility index (Phi) is 3.47. The smallest absolute Gasteiger partial charge is 0.136 e. The van der Waals surface area contributed by atoms with E-state index in [0.717, 1.165) is 33.1 Å². The highest BCUT2D eigenvalue weighted by Crippen LogP contribution is 2.50. The number of aromatic nitrogens is 2. The molecule has 0 amide bonds. The van der Waals surface area contributed by atoms with Crippen molar-refractivity contribution >= 4 is 120 Å². The van der Waals surface area contributed by atoms with Gasteiger partial charge in [0.15, 0.2) is 0 Å². The molecule has 0 fully saturated rings. The molecule has 0 aliphatic carbocycles. The van der Waals surface area contributed by atoms with Gasteiger partial charge in [0.25, 0.3) is 0 Å². The number of rotatable bonds is 0. The fourth-order valence-corrected chi connectivity index (χ4v) is 9.03. The molecule has 6 aromatic heterocycles. The van der Waals surface area contributed by atoms with Gasteiger partial charge in [0.05, 0.1) is 33.1 Å². The van der Waals surface area contributed by atoms with Gasteiger partial charge in [-0.3, -0.25) is 0 Å². The number of hydrogen-bond acceptors (Lipinski definition) is 2. The molecule has 0 N–H and O–H groups in total. The van der Waals surface area contributed by atoms with E-state index in [4.69, 9.17) is 8.83 Å². The molecule has 0 saturated heterocycles. The third-order valence-corrected chi connectivity index (χ3v) is 10.7. The van der Waals surface area contributed by atoms with Gasteiger partial charge in [0.1, 0.15) is 22.3 Å². The van der Waals surface area contributed by atoms with Crippen molar-refractivity contribution < 1.29 is 8.83 Å². The maximum Gasteiger partial charge on any atom is 0.136 e. The van der Waals surface area contributed by atoms with Gasteiger partial charge >= 0.3 is 0 Å². The van der Waals surface area contributed by atoms with Gasteiger partial charge in [-0.15, -0.1) is 0 Å². The molecule has 13 aromatic rings. The molecular formula is C42H20N2O2. The molecule has 46 heavy (non-hydrogen) atoms. The number of para-hydroxylation sites is 4. The van der Waals surface area contributed by atoms with Crippen molar-refractivity contribution in [2.24, 2.45) is 0 Å². The molecule has 4 heteroatoms. The number of nitrogens with zero attached hydrogens (tertiary/aromatic N) is 2. The van der Waals surface area contributed by atoms with Crippen LogP contribution < -0.4 is 0 Å². The van der Waals surface area contributed by atoms with Crippen molar-refractivity contribution in [2.45, 2.75) is 0 Å². The molecule has 0 radical (unpaired) electrons. The second kappa shape index (κ2) is 7.17. The maximum atomic E-state index is 6.55. The first kappa shape index (κ1) is 22.3. The molecule has 6 heterocycles. The molecule has 4 nitrogen and oxygen atoms in total. The standard InChI is InChI=1S/C42H20N2O2/c1-5-13-29-21(9-1)25-19-35-37(23-11-3-7-15-33(23)45-35)39-27-18-32-28(17-31(27)43(29)41(25)39)40-38-24-12-4-8-16-34(24)46-36(38)20-26-22-10-2-6-14-30(22)44(32)42(26)40/h1-20H. The summed E-state index contributed by atoms with van der Waals surface area (Å²) in [6.07, 6.45) is 0. The first-order valence-electron chi connectivity index (χ1n) is 15.8. The van der Waals surface area contributed by atoms with E-state index in [-0.39, 0.29) is 0 Å². The van der Waals surface area contributed by atoms with E-state index in [1.54, 1.807) is 0 Å². The third kappa shape index (κ3) is 2.27. The van der Waals surface area contributed by atoms with E-state index in [0.29, 0.717) is 0 Å². The number of fused-ring (bicyclic) bond motifs is 20. The highest BCUT2D eigenvalue weighted by atomic mass is 16.3. The van der Waals surface area contributed by atoms with E-state index >= 15 is 0 Å². The highest BCUT2D eigenvalue weighted by Gasteiger charge is 2.27. The normalized spacial score (nSPS) is 13.2. The average molecular weight is 585 g/mol. The molecule has 210 valence electrons. The van der Waals surface area contributed by atoms with Crippen molar-refractivity contribution in [1.82, 2.24) is 8.80 Å². The quantitative estimate of drug-likeness (QED) is 0.178. The zero-order chi connectivity index (χ0) is 29.4. The lowest BCUT2D eigenvalue weighted by Gasteiger charge is -2.02. The number of benzene rings is 7. The fraction of sp³-hybridized carbons (Fsp3) is 0. The van der Waals surface area contributed by atoms with Crippen LogP contribution >= 0.6 is 0 Å². The summed E-state index contributed by atoms with van der Waals surface area (Å²) in [5.41, 5.74) is 11.1. The second-order valence-corrected chi connectivity index (χ2v) is 12.8. The molecular weight excluding hydrogens is 564 g/mol. The first-order chi connectivity index (χ1) is 22.8. The summed E-state index contributed by atoms with van der Waals surface area (Å²) < 4.78 is 18.1. The minimum absolute atomic E-state index is 0.923. The Balaban J connectivity index is 1.39. The van der Waals surface area contributed by atoms with Crippen LogP contribution in [0.2, 0.25) is 0 Å². The van der Waals surface area contributed by atoms with Crippen LogP contribution in [0, 0.1) is 0 Å². The summed E-state index contributed by atoms with van der Waals surface area (Å²) >= 11 is 0. The van der Waals surface area contributed by atoms with E-state index in [1.165, 1.54) is 87.0 Å². The summed E-state index contributed by atoms with van der Waals surface area (Å²) in [5, 5.41) is 14.6. The first-order valence-corrected chi connectivity index (χ1v) is 15.8. The van der Waals surface area contributed by atoms with Crippen LogP contribution in [0.15, 0.2) is 130 Å². The van der Waals surface area contributed by atoms with E-state index in [1.807, 2.05) is 0 Å². The molecule has 13 rings (SSSR count). The maximum absolute atomic E-state index is 6.55. The monoisotopic (exact) mass is 584 g/mol. The van der Waals surface area contributed by atoms with Crippen LogP contribution in [0.25, 0.3) is 120 Å². The van der Waals surface area contributed by atoms with Gasteiger partial charge in [0, 0.05) is 64.6 Å². The van der Waals surface area contributed by atoms with Gasteiger partial charge in [-0.2, -0.15) is 0 Å². The minimum Gasteiger partial charge on any atom is -0.456 e. The van der Waals surface area contributed by atoms with Gasteiger partial charge in [-0.1, -0.05) is 72.8 Å². The Hall–Kier alpha value is -6.26. The molecule has 0 bridgehead atoms. The van der Waals surface area contributed by atoms with Crippen LogP contribution in [0.1, 0.15) is 0 Å². The number of hydrogen-bond donors (Lipinski definition) is 0. The number of furan rings is 2. The third-order valence-electron chi connectivity index (χ3n) is 10.7. The Morgan fingerprint density at radius 1 is 0.304 bits per heavy atom. The summed E-state index contributed by atoms with van der Waals surface area (Å²) in [5.74, 6) is 0. The van der Waals surface area contributed by atoms with Crippen LogP contribution in [0.5, 0.6) is 0 Å². The van der Waals surface area contributed by atoms with Gasteiger partial charge < -0.3 is 17.6 Å². The zero-order valence-electron chi connectivity index (χ0n) is 24.3. The molecule has 0 unspecified atom stereocenters. The average Bonchev–Trinajstić information content (AvgIpc) is 3.92. The Labute approximate surface area is 258 Å². The van der Waals surface area contributed by atoms with Gasteiger partial charge in [0.2, 0.25) is 0 Å². The van der Waals surface area contributed by atoms with E-state index in [2.05, 4.69) is 130 Å². The topological polar surface area (TPSA) is 35.1 Å². The van der Waals surface area contributed by atoms with Crippen LogP contribution in [0.4, 0.5) is 0 Å². The molecule has 0 saturated carbocycles. The Bertz CT molecular complexity index is 3240. The van der Waals surface area contributed by atoms with Crippen molar-refractivity contribution in [2.75, 3.05) is 0 Å². The SMILES string of the molecule is c1ccc2c(c1)oc1cc3c4ccccc4n4c5cc6c7c8c(cc9c%10ccccc%10n(c6cc5c(c12)c34)c97)oc1ccccc18. The molecule has 0 aliphatic rings. The lowest BCUT2D eigenvalue weighted by molar-refractivity contribution is 0.669. The summed E-state index contributed by atoms with van der Waals surface area (Å²) in [4.78, 5) is 0. The van der Waals surface area contributed by atoms with Crippen LogP contribution in [-0.4, -0.2) is 8.80 Å². The van der Waals surface area contributed by atoms with Crippen molar-refractivity contribution in [3.05, 3.63) is 121 Å². The largest absolute Gasteiger partial charge is 0.456 e. The van der Waals surface area contributed by atoms with Crippen LogP contribution in [0.3, 0.4) is 0 Å². The van der Waals surface area contributed by atoms with Crippen molar-refractivity contribution in [3.63, 3.8) is 0 Å². The zero-order valence-corrected chi connectivity index (χ0v) is 24.3. The molecule has 0 spiro atoms. The van der Waals surface area contributed by atoms with Crippen LogP contribution in [-0.2, 0) is 0 Å².